The number of nitrogens with one attached hydrogen (secondary N) is 1. The minimum Gasteiger partial charge on any atom is -0.496 e. The molecule has 2 bridgehead atoms. The molecule has 2 aliphatic rings. The van der Waals surface area contributed by atoms with Crippen molar-refractivity contribution in [3.63, 3.8) is 0 Å². The van der Waals surface area contributed by atoms with Crippen LogP contribution in [-0.4, -0.2) is 55.2 Å². The second-order valence-corrected chi connectivity index (χ2v) is 10.4. The lowest BCUT2D eigenvalue weighted by Crippen LogP contribution is -2.39. The van der Waals surface area contributed by atoms with Gasteiger partial charge in [-0.2, -0.15) is 5.26 Å². The number of H-pyrrole nitrogens is 1. The number of anilines is 2. The van der Waals surface area contributed by atoms with Crippen molar-refractivity contribution in [2.24, 2.45) is 0 Å². The third-order valence-electron chi connectivity index (χ3n) is 8.16. The maximum atomic E-state index is 16.7. The van der Waals surface area contributed by atoms with Crippen molar-refractivity contribution in [3.05, 3.63) is 52.8 Å². The number of benzene rings is 2. The summed E-state index contributed by atoms with van der Waals surface area (Å²) in [6.45, 7) is 3.90. The van der Waals surface area contributed by atoms with E-state index in [2.05, 4.69) is 23.0 Å². The molecule has 0 spiro atoms. The van der Waals surface area contributed by atoms with E-state index < -0.39 is 5.97 Å². The zero-order valence-corrected chi connectivity index (χ0v) is 22.0. The van der Waals surface area contributed by atoms with Crippen LogP contribution in [-0.2, 0) is 4.74 Å². The summed E-state index contributed by atoms with van der Waals surface area (Å²) in [5.74, 6) is 0.193. The Balaban J connectivity index is 1.68. The Labute approximate surface area is 216 Å². The van der Waals surface area contributed by atoms with E-state index in [9.17, 15) is 10.1 Å². The molecular formula is C29H33FN4O3. The first kappa shape index (κ1) is 25.1. The molecule has 194 valence electrons. The molecule has 3 heterocycles. The number of methoxy groups -OCH3 is 2. The van der Waals surface area contributed by atoms with Gasteiger partial charge in [0.05, 0.1) is 31.5 Å². The molecular weight excluding hydrogens is 471 g/mol. The van der Waals surface area contributed by atoms with Gasteiger partial charge in [0.1, 0.15) is 17.1 Å². The van der Waals surface area contributed by atoms with Crippen LogP contribution < -0.4 is 9.64 Å². The number of aromatic amines is 1. The normalized spacial score (nSPS) is 21.3. The summed E-state index contributed by atoms with van der Waals surface area (Å²) in [5.41, 5.74) is 2.36. The Kier molecular flexibility index (Phi) is 6.59. The van der Waals surface area contributed by atoms with Crippen LogP contribution in [0.25, 0.3) is 10.9 Å². The van der Waals surface area contributed by atoms with Crippen molar-refractivity contribution in [1.82, 2.24) is 9.88 Å². The number of nitriles is 1. The summed E-state index contributed by atoms with van der Waals surface area (Å²) in [6.07, 6.45) is 4.06. The molecule has 7 nitrogen and oxygen atoms in total. The Hall–Kier alpha value is -3.57. The van der Waals surface area contributed by atoms with Gasteiger partial charge in [-0.1, -0.05) is 6.07 Å². The van der Waals surface area contributed by atoms with Gasteiger partial charge in [-0.3, -0.25) is 0 Å². The zero-order valence-electron chi connectivity index (χ0n) is 22.0. The molecule has 3 aromatic rings. The van der Waals surface area contributed by atoms with Gasteiger partial charge in [0.25, 0.3) is 0 Å². The van der Waals surface area contributed by atoms with Crippen LogP contribution in [0, 0.1) is 17.1 Å². The topological polar surface area (TPSA) is 81.6 Å². The molecule has 0 amide bonds. The highest BCUT2D eigenvalue weighted by atomic mass is 19.1. The van der Waals surface area contributed by atoms with Crippen LogP contribution in [0.15, 0.2) is 30.3 Å². The summed E-state index contributed by atoms with van der Waals surface area (Å²) in [7, 11) is 5.08. The molecule has 37 heavy (non-hydrogen) atoms. The van der Waals surface area contributed by atoms with Gasteiger partial charge in [-0.25, -0.2) is 9.18 Å². The van der Waals surface area contributed by atoms with E-state index in [0.717, 1.165) is 25.7 Å². The lowest BCUT2D eigenvalue weighted by Gasteiger charge is -2.38. The van der Waals surface area contributed by atoms with Gasteiger partial charge in [0, 0.05) is 34.6 Å². The fourth-order valence-electron chi connectivity index (χ4n) is 6.35. The number of carbonyl (C=O) groups excluding carboxylic acids is 1. The van der Waals surface area contributed by atoms with Crippen molar-refractivity contribution in [2.45, 2.75) is 63.6 Å². The van der Waals surface area contributed by atoms with Crippen LogP contribution in [0.3, 0.4) is 0 Å². The van der Waals surface area contributed by atoms with Gasteiger partial charge < -0.3 is 24.3 Å². The molecule has 0 saturated carbocycles. The van der Waals surface area contributed by atoms with E-state index >= 15 is 4.39 Å². The SMILES string of the molecule is COC(=O)c1c(N(c2ccc(OC)c(C3CC4CCC(C3)N4C)c2F)C(C)C)[nH]c2cc(C#N)ccc12. The molecule has 0 radical (unpaired) electrons. The van der Waals surface area contributed by atoms with Gasteiger partial charge in [-0.05, 0) is 76.8 Å². The third kappa shape index (κ3) is 4.11. The summed E-state index contributed by atoms with van der Waals surface area (Å²) < 4.78 is 27.4. The number of halogens is 1. The second-order valence-electron chi connectivity index (χ2n) is 10.4. The van der Waals surface area contributed by atoms with Crippen LogP contribution in [0.2, 0.25) is 0 Å². The molecule has 1 aromatic heterocycles. The first-order valence-corrected chi connectivity index (χ1v) is 12.8. The van der Waals surface area contributed by atoms with Crippen molar-refractivity contribution in [3.8, 4) is 11.8 Å². The Morgan fingerprint density at radius 1 is 1.19 bits per heavy atom. The molecule has 2 aromatic carbocycles. The largest absolute Gasteiger partial charge is 0.496 e. The first-order valence-electron chi connectivity index (χ1n) is 12.8. The zero-order chi connectivity index (χ0) is 26.4. The number of hydrogen-bond acceptors (Lipinski definition) is 6. The lowest BCUT2D eigenvalue weighted by atomic mass is 9.84. The highest BCUT2D eigenvalue weighted by Gasteiger charge is 2.41. The maximum absolute atomic E-state index is 16.7. The molecule has 5 rings (SSSR count). The van der Waals surface area contributed by atoms with Gasteiger partial charge in [0.2, 0.25) is 0 Å². The number of ether oxygens (including phenoxy) is 2. The van der Waals surface area contributed by atoms with Gasteiger partial charge >= 0.3 is 5.97 Å². The van der Waals surface area contributed by atoms with Crippen LogP contribution in [0.4, 0.5) is 15.9 Å². The van der Waals surface area contributed by atoms with E-state index in [-0.39, 0.29) is 17.8 Å². The third-order valence-corrected chi connectivity index (χ3v) is 8.16. The van der Waals surface area contributed by atoms with Crippen molar-refractivity contribution < 1.29 is 18.7 Å². The maximum Gasteiger partial charge on any atom is 0.342 e. The van der Waals surface area contributed by atoms with E-state index in [1.807, 2.05) is 19.9 Å². The minimum atomic E-state index is -0.530. The van der Waals surface area contributed by atoms with E-state index in [0.29, 0.717) is 56.9 Å². The molecule has 2 fully saturated rings. The summed E-state index contributed by atoms with van der Waals surface area (Å²) in [6, 6.07) is 11.5. The Morgan fingerprint density at radius 3 is 2.49 bits per heavy atom. The average molecular weight is 505 g/mol. The monoisotopic (exact) mass is 504 g/mol. The van der Waals surface area contributed by atoms with Gasteiger partial charge in [-0.15, -0.1) is 0 Å². The highest BCUT2D eigenvalue weighted by molar-refractivity contribution is 6.10. The van der Waals surface area contributed by atoms with Crippen LogP contribution in [0.1, 0.15) is 66.9 Å². The average Bonchev–Trinajstić information content (AvgIpc) is 3.33. The van der Waals surface area contributed by atoms with E-state index in [1.165, 1.54) is 7.11 Å². The number of carbonyl (C=O) groups is 1. The van der Waals surface area contributed by atoms with E-state index in [4.69, 9.17) is 9.47 Å². The number of nitrogens with zero attached hydrogens (tertiary/aromatic N) is 3. The number of hydrogen-bond donors (Lipinski definition) is 1. The quantitative estimate of drug-likeness (QED) is 0.424. The fourth-order valence-corrected chi connectivity index (χ4v) is 6.35. The smallest absolute Gasteiger partial charge is 0.342 e. The molecule has 0 aliphatic carbocycles. The minimum absolute atomic E-state index is 0.0543. The summed E-state index contributed by atoms with van der Waals surface area (Å²) >= 11 is 0. The molecule has 2 unspecified atom stereocenters. The highest BCUT2D eigenvalue weighted by Crippen LogP contribution is 2.48. The molecule has 2 aliphatic heterocycles. The number of fused-ring (bicyclic) bond motifs is 3. The summed E-state index contributed by atoms with van der Waals surface area (Å²) in [5, 5.41) is 9.99. The molecule has 1 N–H and O–H groups in total. The number of aromatic nitrogens is 1. The Bertz CT molecular complexity index is 1380. The number of piperidine rings is 1. The molecule has 2 atom stereocenters. The number of esters is 1. The van der Waals surface area contributed by atoms with Crippen LogP contribution in [0.5, 0.6) is 5.75 Å². The predicted molar refractivity (Wildman–Crippen MR) is 141 cm³/mol. The molecule has 8 heteroatoms. The standard InChI is InChI=1S/C29H33FN4O3/c1-16(2)34(28-26(29(35)37-5)21-9-6-17(15-31)12-22(21)32-28)23-10-11-24(36-4)25(27(23)30)18-13-19-7-8-20(14-18)33(19)3/h6,9-12,16,18-20,32H,7-8,13-14H2,1-5H3. The van der Waals surface area contributed by atoms with Crippen molar-refractivity contribution in [1.29, 1.82) is 5.26 Å². The van der Waals surface area contributed by atoms with Crippen LogP contribution >= 0.6 is 0 Å². The van der Waals surface area contributed by atoms with Gasteiger partial charge in [0.15, 0.2) is 5.82 Å². The van der Waals surface area contributed by atoms with E-state index in [1.54, 1.807) is 36.3 Å². The predicted octanol–water partition coefficient (Wildman–Crippen LogP) is 5.86. The Morgan fingerprint density at radius 2 is 1.89 bits per heavy atom. The number of rotatable bonds is 6. The first-order chi connectivity index (χ1) is 17.8. The van der Waals surface area contributed by atoms with Crippen molar-refractivity contribution >= 4 is 28.4 Å². The summed E-state index contributed by atoms with van der Waals surface area (Å²) in [4.78, 5) is 20.5. The fraction of sp³-hybridized carbons (Fsp3) is 0.448. The molecule has 2 saturated heterocycles. The second kappa shape index (κ2) is 9.71. The lowest BCUT2D eigenvalue weighted by molar-refractivity contribution is 0.0604. The van der Waals surface area contributed by atoms with Crippen molar-refractivity contribution in [2.75, 3.05) is 26.2 Å².